The van der Waals surface area contributed by atoms with Gasteiger partial charge in [0.25, 0.3) is 11.8 Å². The van der Waals surface area contributed by atoms with Gasteiger partial charge >= 0.3 is 0 Å². The largest absolute Gasteiger partial charge is 0.321 e. The molecule has 0 saturated heterocycles. The molecule has 0 spiro atoms. The molecule has 0 unspecified atom stereocenters. The molecule has 1 heterocycles. The highest BCUT2D eigenvalue weighted by atomic mass is 35.5. The van der Waals surface area contributed by atoms with Crippen LogP contribution in [0, 0.1) is 0 Å². The van der Waals surface area contributed by atoms with Gasteiger partial charge in [-0.15, -0.1) is 23.1 Å². The van der Waals surface area contributed by atoms with Crippen LogP contribution in [0.5, 0.6) is 0 Å². The van der Waals surface area contributed by atoms with Crippen LogP contribution < -0.4 is 16.0 Å². The quantitative estimate of drug-likeness (QED) is 0.153. The van der Waals surface area contributed by atoms with Crippen molar-refractivity contribution in [2.75, 3.05) is 16.4 Å². The van der Waals surface area contributed by atoms with Gasteiger partial charge in [0.1, 0.15) is 5.70 Å². The number of carbonyl (C=O) groups excluding carboxylic acids is 3. The van der Waals surface area contributed by atoms with Crippen molar-refractivity contribution in [1.29, 1.82) is 0 Å². The third-order valence-electron chi connectivity index (χ3n) is 4.95. The van der Waals surface area contributed by atoms with Gasteiger partial charge in [-0.2, -0.15) is 0 Å². The lowest BCUT2D eigenvalue weighted by atomic mass is 10.1. The van der Waals surface area contributed by atoms with Gasteiger partial charge in [0.15, 0.2) is 5.13 Å². The molecule has 0 aliphatic heterocycles. The predicted molar refractivity (Wildman–Crippen MR) is 155 cm³/mol. The van der Waals surface area contributed by atoms with Crippen LogP contribution in [-0.4, -0.2) is 28.5 Å². The van der Waals surface area contributed by atoms with Crippen molar-refractivity contribution in [2.24, 2.45) is 0 Å². The predicted octanol–water partition coefficient (Wildman–Crippen LogP) is 6.59. The van der Waals surface area contributed by atoms with Crippen molar-refractivity contribution >= 4 is 80.9 Å². The summed E-state index contributed by atoms with van der Waals surface area (Å²) in [5.74, 6) is -1.04. The van der Waals surface area contributed by atoms with E-state index in [1.165, 1.54) is 29.2 Å². The smallest absolute Gasteiger partial charge is 0.272 e. The Bertz CT molecular complexity index is 1480. The first kappa shape index (κ1) is 27.4. The average molecular weight is 584 g/mol. The van der Waals surface area contributed by atoms with Crippen LogP contribution in [0.15, 0.2) is 95.0 Å². The number of amides is 3. The van der Waals surface area contributed by atoms with E-state index < -0.39 is 11.8 Å². The highest BCUT2D eigenvalue weighted by molar-refractivity contribution is 8.00. The van der Waals surface area contributed by atoms with Crippen molar-refractivity contribution in [3.63, 3.8) is 0 Å². The molecule has 0 bridgehead atoms. The molecular weight excluding hydrogens is 563 g/mol. The van der Waals surface area contributed by atoms with E-state index in [0.29, 0.717) is 27.0 Å². The molecule has 3 aromatic carbocycles. The zero-order valence-electron chi connectivity index (χ0n) is 19.6. The lowest BCUT2D eigenvalue weighted by Gasteiger charge is -2.13. The van der Waals surface area contributed by atoms with Gasteiger partial charge in [-0.05, 0) is 48.0 Å². The summed E-state index contributed by atoms with van der Waals surface area (Å²) in [5, 5.41) is 11.1. The van der Waals surface area contributed by atoms with E-state index in [9.17, 15) is 14.4 Å². The molecule has 38 heavy (non-hydrogen) atoms. The number of rotatable bonds is 9. The molecule has 4 rings (SSSR count). The monoisotopic (exact) mass is 582 g/mol. The van der Waals surface area contributed by atoms with E-state index in [2.05, 4.69) is 20.9 Å². The van der Waals surface area contributed by atoms with Crippen LogP contribution in [0.25, 0.3) is 6.08 Å². The van der Waals surface area contributed by atoms with E-state index >= 15 is 0 Å². The van der Waals surface area contributed by atoms with Crippen LogP contribution >= 0.6 is 46.3 Å². The molecule has 0 aliphatic rings. The Morgan fingerprint density at radius 3 is 2.50 bits per heavy atom. The molecule has 0 saturated carbocycles. The fourth-order valence-corrected chi connectivity index (χ4v) is 4.84. The van der Waals surface area contributed by atoms with Crippen molar-refractivity contribution in [1.82, 2.24) is 10.3 Å². The zero-order valence-corrected chi connectivity index (χ0v) is 22.8. The molecule has 192 valence electrons. The fraction of sp³-hybridized carbons (Fsp3) is 0.0370. The summed E-state index contributed by atoms with van der Waals surface area (Å²) in [7, 11) is 0. The minimum absolute atomic E-state index is 0.0242. The Kier molecular flexibility index (Phi) is 9.56. The van der Waals surface area contributed by atoms with Gasteiger partial charge in [-0.25, -0.2) is 4.98 Å². The van der Waals surface area contributed by atoms with E-state index in [1.54, 1.807) is 78.3 Å². The second-order valence-electron chi connectivity index (χ2n) is 7.68. The summed E-state index contributed by atoms with van der Waals surface area (Å²) >= 11 is 15.1. The summed E-state index contributed by atoms with van der Waals surface area (Å²) < 4.78 is 0. The van der Waals surface area contributed by atoms with Gasteiger partial charge < -0.3 is 16.0 Å². The summed E-state index contributed by atoms with van der Waals surface area (Å²) in [5.41, 5.74) is 1.31. The number of anilines is 2. The minimum Gasteiger partial charge on any atom is -0.321 e. The summed E-state index contributed by atoms with van der Waals surface area (Å²) in [6, 6.07) is 20.6. The highest BCUT2D eigenvalue weighted by Crippen LogP contribution is 2.27. The molecule has 0 aliphatic carbocycles. The van der Waals surface area contributed by atoms with Crippen LogP contribution in [-0.2, 0) is 9.59 Å². The van der Waals surface area contributed by atoms with E-state index in [4.69, 9.17) is 23.2 Å². The number of benzene rings is 3. The van der Waals surface area contributed by atoms with Crippen molar-refractivity contribution < 1.29 is 14.4 Å². The molecule has 11 heteroatoms. The summed E-state index contributed by atoms with van der Waals surface area (Å²) in [6.07, 6.45) is 3.08. The van der Waals surface area contributed by atoms with Gasteiger partial charge in [0, 0.05) is 27.7 Å². The number of hydrogen-bond donors (Lipinski definition) is 3. The Labute approximate surface area is 237 Å². The van der Waals surface area contributed by atoms with Gasteiger partial charge in [-0.3, -0.25) is 14.4 Å². The molecule has 0 fully saturated rings. The number of thiazole rings is 1. The number of carbonyl (C=O) groups is 3. The third-order valence-corrected chi connectivity index (χ3v) is 7.47. The normalized spacial score (nSPS) is 11.1. The van der Waals surface area contributed by atoms with Crippen LogP contribution in [0.1, 0.15) is 15.9 Å². The first-order valence-corrected chi connectivity index (χ1v) is 13.8. The maximum absolute atomic E-state index is 13.3. The maximum atomic E-state index is 13.3. The van der Waals surface area contributed by atoms with Crippen LogP contribution in [0.3, 0.4) is 0 Å². The second-order valence-corrected chi connectivity index (χ2v) is 10.4. The Morgan fingerprint density at radius 2 is 1.74 bits per heavy atom. The summed E-state index contributed by atoms with van der Waals surface area (Å²) in [6.45, 7) is 0. The number of thioether (sulfide) groups is 1. The van der Waals surface area contributed by atoms with E-state index in [0.717, 1.165) is 4.90 Å². The van der Waals surface area contributed by atoms with Gasteiger partial charge in [0.2, 0.25) is 5.91 Å². The molecule has 4 aromatic rings. The first-order valence-electron chi connectivity index (χ1n) is 11.1. The van der Waals surface area contributed by atoms with Crippen LogP contribution in [0.4, 0.5) is 10.8 Å². The van der Waals surface area contributed by atoms with Gasteiger partial charge in [0.05, 0.1) is 15.8 Å². The minimum atomic E-state index is -0.561. The number of nitrogens with one attached hydrogen (secondary N) is 3. The highest BCUT2D eigenvalue weighted by Gasteiger charge is 2.16. The Balaban J connectivity index is 1.50. The van der Waals surface area contributed by atoms with Crippen molar-refractivity contribution in [2.45, 2.75) is 4.90 Å². The van der Waals surface area contributed by atoms with Crippen LogP contribution in [0.2, 0.25) is 10.0 Å². The number of hydrogen-bond acceptors (Lipinski definition) is 6. The molecule has 3 amide bonds. The molecule has 0 atom stereocenters. The summed E-state index contributed by atoms with van der Waals surface area (Å²) in [4.78, 5) is 43.1. The Morgan fingerprint density at radius 1 is 0.947 bits per heavy atom. The molecule has 7 nitrogen and oxygen atoms in total. The topological polar surface area (TPSA) is 100 Å². The molecule has 1 aromatic heterocycles. The van der Waals surface area contributed by atoms with E-state index in [1.807, 2.05) is 6.07 Å². The van der Waals surface area contributed by atoms with Gasteiger partial charge in [-0.1, -0.05) is 59.6 Å². The number of aromatic nitrogens is 1. The average Bonchev–Trinajstić information content (AvgIpc) is 3.43. The number of halogens is 2. The van der Waals surface area contributed by atoms with Crippen molar-refractivity contribution in [3.05, 3.63) is 111 Å². The molecular formula is C27H20Cl2N4O3S2. The zero-order chi connectivity index (χ0) is 26.9. The first-order chi connectivity index (χ1) is 18.4. The standard InChI is InChI=1S/C27H20Cl2N4O3S2/c28-21-11-4-8-18(24(21)29)14-22(32-25(35)17-6-2-1-3-7-17)26(36)31-19-9-5-10-20(15-19)38-16-23(34)33-27-30-12-13-37-27/h1-15H,16H2,(H,31,36)(H,32,35)(H,30,33,34)/b22-14+. The maximum Gasteiger partial charge on any atom is 0.272 e. The fourth-order valence-electron chi connectivity index (χ4n) is 3.18. The number of nitrogens with zero attached hydrogens (tertiary/aromatic N) is 1. The SMILES string of the molecule is O=C(CSc1cccc(NC(=O)/C(=C\c2cccc(Cl)c2Cl)NC(=O)c2ccccc2)c1)Nc1nccs1. The Hall–Kier alpha value is -3.63. The lowest BCUT2D eigenvalue weighted by molar-refractivity contribution is -0.114. The third kappa shape index (κ3) is 7.69. The van der Waals surface area contributed by atoms with Crippen molar-refractivity contribution in [3.8, 4) is 0 Å². The molecule has 3 N–H and O–H groups in total. The molecule has 0 radical (unpaired) electrons. The van der Waals surface area contributed by atoms with E-state index in [-0.39, 0.29) is 22.4 Å². The lowest BCUT2D eigenvalue weighted by Crippen LogP contribution is -2.30. The second kappa shape index (κ2) is 13.3.